The van der Waals surface area contributed by atoms with Gasteiger partial charge in [-0.15, -0.1) is 0 Å². The summed E-state index contributed by atoms with van der Waals surface area (Å²) in [5, 5.41) is 0. The van der Waals surface area contributed by atoms with Crippen molar-refractivity contribution in [1.29, 1.82) is 0 Å². The van der Waals surface area contributed by atoms with Crippen LogP contribution in [0, 0.1) is 5.92 Å². The van der Waals surface area contributed by atoms with Crippen molar-refractivity contribution in [3.63, 3.8) is 0 Å². The molecule has 2 saturated heterocycles. The summed E-state index contributed by atoms with van der Waals surface area (Å²) < 4.78 is 0. The van der Waals surface area contributed by atoms with E-state index in [1.165, 1.54) is 51.7 Å². The summed E-state index contributed by atoms with van der Waals surface area (Å²) in [5.74, 6) is 0.918. The molecule has 5 atom stereocenters. The van der Waals surface area contributed by atoms with E-state index in [0.717, 1.165) is 18.0 Å². The van der Waals surface area contributed by atoms with Gasteiger partial charge in [0.2, 0.25) is 0 Å². The van der Waals surface area contributed by atoms with Gasteiger partial charge in [0.1, 0.15) is 0 Å². The first kappa shape index (κ1) is 14.3. The Morgan fingerprint density at radius 2 is 2.11 bits per heavy atom. The van der Waals surface area contributed by atoms with E-state index in [4.69, 9.17) is 5.73 Å². The molecule has 2 rings (SSSR count). The first-order chi connectivity index (χ1) is 8.56. The Balaban J connectivity index is 1.83. The molecule has 2 heterocycles. The fourth-order valence-electron chi connectivity index (χ4n) is 3.23. The Labute approximate surface area is 113 Å². The van der Waals surface area contributed by atoms with E-state index in [9.17, 15) is 0 Å². The monoisotopic (exact) mass is 253 g/mol. The van der Waals surface area contributed by atoms with Crippen molar-refractivity contribution in [2.45, 2.75) is 70.5 Å². The van der Waals surface area contributed by atoms with Gasteiger partial charge in [-0.2, -0.15) is 0 Å². The Hall–Kier alpha value is -0.120. The van der Waals surface area contributed by atoms with Gasteiger partial charge in [0, 0.05) is 24.7 Å². The summed E-state index contributed by atoms with van der Waals surface area (Å²) in [6.07, 6.45) is 8.11. The van der Waals surface area contributed by atoms with Crippen LogP contribution in [0.25, 0.3) is 0 Å². The third kappa shape index (κ3) is 4.22. The first-order valence-corrected chi connectivity index (χ1v) is 7.76. The quantitative estimate of drug-likeness (QED) is 0.783. The lowest BCUT2D eigenvalue weighted by molar-refractivity contribution is 0.169. The number of hydrogen-bond acceptors (Lipinski definition) is 3. The molecule has 0 bridgehead atoms. The predicted octanol–water partition coefficient (Wildman–Crippen LogP) is 2.27. The molecule has 0 saturated carbocycles. The van der Waals surface area contributed by atoms with Crippen LogP contribution in [-0.4, -0.2) is 48.2 Å². The van der Waals surface area contributed by atoms with Crippen LogP contribution < -0.4 is 5.73 Å². The predicted molar refractivity (Wildman–Crippen MR) is 77.4 cm³/mol. The number of nitrogens with zero attached hydrogens (tertiary/aromatic N) is 2. The topological polar surface area (TPSA) is 32.3 Å². The van der Waals surface area contributed by atoms with Crippen LogP contribution in [0.5, 0.6) is 0 Å². The largest absolute Gasteiger partial charge is 0.328 e. The molecule has 0 radical (unpaired) electrons. The van der Waals surface area contributed by atoms with Crippen molar-refractivity contribution >= 4 is 0 Å². The molecule has 106 valence electrons. The van der Waals surface area contributed by atoms with E-state index in [-0.39, 0.29) is 0 Å². The van der Waals surface area contributed by atoms with E-state index in [0.29, 0.717) is 6.04 Å². The van der Waals surface area contributed by atoms with Crippen molar-refractivity contribution in [2.24, 2.45) is 11.7 Å². The van der Waals surface area contributed by atoms with E-state index >= 15 is 0 Å². The SMILES string of the molecule is CC1CCCC(CC[C@H](C)N)C[C@H]2CN2CN1C. The minimum atomic E-state index is 0.376. The number of hydrogen-bond donors (Lipinski definition) is 1. The van der Waals surface area contributed by atoms with Crippen LogP contribution in [0.4, 0.5) is 0 Å². The second kappa shape index (κ2) is 6.36. The van der Waals surface area contributed by atoms with Gasteiger partial charge < -0.3 is 5.73 Å². The minimum absolute atomic E-state index is 0.376. The van der Waals surface area contributed by atoms with E-state index < -0.39 is 0 Å². The number of rotatable bonds is 3. The lowest BCUT2D eigenvalue weighted by Crippen LogP contribution is -2.34. The molecule has 0 aromatic carbocycles. The van der Waals surface area contributed by atoms with Gasteiger partial charge in [0.25, 0.3) is 0 Å². The molecular weight excluding hydrogens is 222 g/mol. The molecule has 18 heavy (non-hydrogen) atoms. The van der Waals surface area contributed by atoms with Gasteiger partial charge in [-0.3, -0.25) is 9.80 Å². The molecule has 0 aliphatic carbocycles. The first-order valence-electron chi connectivity index (χ1n) is 7.76. The third-order valence-electron chi connectivity index (χ3n) is 4.86. The van der Waals surface area contributed by atoms with Crippen LogP contribution in [0.15, 0.2) is 0 Å². The standard InChI is InChI=1S/C15H31N3/c1-12(16)7-8-14-6-4-5-13(2)17(3)11-18-10-15(18)9-14/h12-15H,4-11,16H2,1-3H3/t12-,13?,14?,15-,18?/m0/s1. The summed E-state index contributed by atoms with van der Waals surface area (Å²) in [6, 6.07) is 1.98. The highest BCUT2D eigenvalue weighted by Crippen LogP contribution is 2.31. The van der Waals surface area contributed by atoms with E-state index in [1.54, 1.807) is 0 Å². The van der Waals surface area contributed by atoms with Crippen molar-refractivity contribution in [2.75, 3.05) is 20.3 Å². The summed E-state index contributed by atoms with van der Waals surface area (Å²) in [5.41, 5.74) is 5.90. The zero-order valence-corrected chi connectivity index (χ0v) is 12.4. The summed E-state index contributed by atoms with van der Waals surface area (Å²) in [4.78, 5) is 5.14. The lowest BCUT2D eigenvalue weighted by atomic mass is 9.90. The lowest BCUT2D eigenvalue weighted by Gasteiger charge is -2.28. The molecule has 2 fully saturated rings. The number of fused-ring (bicyclic) bond motifs is 1. The molecule has 0 amide bonds. The van der Waals surface area contributed by atoms with Crippen LogP contribution >= 0.6 is 0 Å². The molecule has 3 heteroatoms. The van der Waals surface area contributed by atoms with Crippen LogP contribution in [-0.2, 0) is 0 Å². The van der Waals surface area contributed by atoms with E-state index in [1.807, 2.05) is 0 Å². The normalized spacial score (nSPS) is 40.0. The Morgan fingerprint density at radius 1 is 1.33 bits per heavy atom. The summed E-state index contributed by atoms with van der Waals surface area (Å²) in [6.45, 7) is 7.01. The summed E-state index contributed by atoms with van der Waals surface area (Å²) in [7, 11) is 2.27. The second-order valence-corrected chi connectivity index (χ2v) is 6.76. The van der Waals surface area contributed by atoms with Crippen LogP contribution in [0.1, 0.15) is 52.4 Å². The van der Waals surface area contributed by atoms with Gasteiger partial charge in [-0.1, -0.05) is 12.8 Å². The second-order valence-electron chi connectivity index (χ2n) is 6.76. The molecule has 2 aliphatic rings. The van der Waals surface area contributed by atoms with Gasteiger partial charge in [-0.05, 0) is 52.5 Å². The van der Waals surface area contributed by atoms with Crippen LogP contribution in [0.2, 0.25) is 0 Å². The molecule has 3 unspecified atom stereocenters. The molecular formula is C15H31N3. The third-order valence-corrected chi connectivity index (χ3v) is 4.86. The zero-order valence-electron chi connectivity index (χ0n) is 12.4. The number of nitrogens with two attached hydrogens (primary N) is 1. The average Bonchev–Trinajstić information content (AvgIpc) is 3.03. The average molecular weight is 253 g/mol. The van der Waals surface area contributed by atoms with Gasteiger partial charge in [-0.25, -0.2) is 0 Å². The van der Waals surface area contributed by atoms with Gasteiger partial charge >= 0.3 is 0 Å². The highest BCUT2D eigenvalue weighted by molar-refractivity contribution is 4.91. The maximum absolute atomic E-state index is 5.90. The fraction of sp³-hybridized carbons (Fsp3) is 1.00. The van der Waals surface area contributed by atoms with Gasteiger partial charge in [0.05, 0.1) is 6.67 Å². The molecule has 2 N–H and O–H groups in total. The van der Waals surface area contributed by atoms with Crippen molar-refractivity contribution in [1.82, 2.24) is 9.80 Å². The Bertz CT molecular complexity index is 254. The molecule has 0 aromatic heterocycles. The Kier molecular flexibility index (Phi) is 5.05. The molecule has 2 aliphatic heterocycles. The molecule has 3 nitrogen and oxygen atoms in total. The minimum Gasteiger partial charge on any atom is -0.328 e. The maximum Gasteiger partial charge on any atom is 0.0509 e. The summed E-state index contributed by atoms with van der Waals surface area (Å²) >= 11 is 0. The van der Waals surface area contributed by atoms with Gasteiger partial charge in [0.15, 0.2) is 0 Å². The maximum atomic E-state index is 5.90. The molecule has 0 aromatic rings. The molecule has 0 spiro atoms. The van der Waals surface area contributed by atoms with E-state index in [2.05, 4.69) is 30.7 Å². The van der Waals surface area contributed by atoms with Crippen molar-refractivity contribution < 1.29 is 0 Å². The fourth-order valence-corrected chi connectivity index (χ4v) is 3.23. The van der Waals surface area contributed by atoms with Crippen molar-refractivity contribution in [3.05, 3.63) is 0 Å². The van der Waals surface area contributed by atoms with Crippen molar-refractivity contribution in [3.8, 4) is 0 Å². The zero-order chi connectivity index (χ0) is 13.1. The highest BCUT2D eigenvalue weighted by atomic mass is 15.4. The van der Waals surface area contributed by atoms with Crippen LogP contribution in [0.3, 0.4) is 0 Å². The smallest absolute Gasteiger partial charge is 0.0509 e. The Morgan fingerprint density at radius 3 is 2.83 bits per heavy atom. The highest BCUT2D eigenvalue weighted by Gasteiger charge is 2.37.